The molecule has 0 saturated heterocycles. The summed E-state index contributed by atoms with van der Waals surface area (Å²) in [7, 11) is 0. The molecule has 1 atom stereocenters. The number of nitrogens with one attached hydrogen (secondary N) is 1. The van der Waals surface area contributed by atoms with E-state index in [2.05, 4.69) is 5.32 Å². The zero-order valence-corrected chi connectivity index (χ0v) is 10.1. The van der Waals surface area contributed by atoms with Crippen LogP contribution in [0.3, 0.4) is 0 Å². The second-order valence-corrected chi connectivity index (χ2v) is 4.27. The minimum absolute atomic E-state index is 0.0206. The van der Waals surface area contributed by atoms with E-state index in [0.29, 0.717) is 19.0 Å². The molecular weight excluding hydrogens is 202 g/mol. The van der Waals surface area contributed by atoms with Crippen molar-refractivity contribution in [1.82, 2.24) is 5.32 Å². The van der Waals surface area contributed by atoms with Crippen LogP contribution in [0.15, 0.2) is 0 Å². The zero-order valence-electron chi connectivity index (χ0n) is 9.39. The van der Waals surface area contributed by atoms with Crippen molar-refractivity contribution in [3.8, 4) is 0 Å². The average Bonchev–Trinajstić information content (AvgIpc) is 2.13. The Morgan fingerprint density at radius 2 is 2.14 bits per heavy atom. The molecule has 14 heavy (non-hydrogen) atoms. The van der Waals surface area contributed by atoms with Gasteiger partial charge in [0, 0.05) is 24.9 Å². The van der Waals surface area contributed by atoms with Gasteiger partial charge < -0.3 is 10.1 Å². The van der Waals surface area contributed by atoms with Crippen LogP contribution in [0.1, 0.15) is 27.7 Å². The first kappa shape index (κ1) is 13.7. The monoisotopic (exact) mass is 221 g/mol. The van der Waals surface area contributed by atoms with Crippen molar-refractivity contribution in [2.75, 3.05) is 19.0 Å². The van der Waals surface area contributed by atoms with Crippen LogP contribution in [-0.2, 0) is 9.53 Å². The molecule has 84 valence electrons. The van der Waals surface area contributed by atoms with Gasteiger partial charge in [0.25, 0.3) is 0 Å². The van der Waals surface area contributed by atoms with Crippen LogP contribution in [-0.4, -0.2) is 30.5 Å². The van der Waals surface area contributed by atoms with Gasteiger partial charge in [-0.3, -0.25) is 4.79 Å². The number of amides is 1. The molecule has 0 rings (SSSR count). The number of ether oxygens (including phenoxy) is 1. The Morgan fingerprint density at radius 1 is 1.57 bits per heavy atom. The van der Waals surface area contributed by atoms with E-state index in [1.165, 1.54) is 0 Å². The minimum Gasteiger partial charge on any atom is -0.374 e. The third kappa shape index (κ3) is 5.45. The lowest BCUT2D eigenvalue weighted by atomic mass is 10.1. The Hall–Kier alpha value is -0.280. The predicted octanol–water partition coefficient (Wildman–Crippen LogP) is 1.79. The molecule has 0 fully saturated rings. The molecule has 4 heteroatoms. The third-order valence-corrected chi connectivity index (χ3v) is 2.37. The van der Waals surface area contributed by atoms with E-state index >= 15 is 0 Å². The molecule has 0 saturated carbocycles. The van der Waals surface area contributed by atoms with Crippen molar-refractivity contribution >= 4 is 17.5 Å². The van der Waals surface area contributed by atoms with E-state index in [0.717, 1.165) is 0 Å². The van der Waals surface area contributed by atoms with Crippen molar-refractivity contribution in [3.63, 3.8) is 0 Å². The lowest BCUT2D eigenvalue weighted by Gasteiger charge is -2.25. The lowest BCUT2D eigenvalue weighted by Crippen LogP contribution is -2.42. The van der Waals surface area contributed by atoms with Crippen LogP contribution < -0.4 is 5.32 Å². The van der Waals surface area contributed by atoms with Gasteiger partial charge in [-0.15, -0.1) is 11.6 Å². The van der Waals surface area contributed by atoms with E-state index in [4.69, 9.17) is 16.3 Å². The number of carbonyl (C=O) groups is 1. The highest BCUT2D eigenvalue weighted by Gasteiger charge is 2.20. The summed E-state index contributed by atoms with van der Waals surface area (Å²) in [5, 5.41) is 2.81. The summed E-state index contributed by atoms with van der Waals surface area (Å²) in [4.78, 5) is 11.4. The highest BCUT2D eigenvalue weighted by Crippen LogP contribution is 2.07. The van der Waals surface area contributed by atoms with Gasteiger partial charge >= 0.3 is 0 Å². The predicted molar refractivity (Wildman–Crippen MR) is 58.6 cm³/mol. The van der Waals surface area contributed by atoms with Gasteiger partial charge in [-0.25, -0.2) is 0 Å². The summed E-state index contributed by atoms with van der Waals surface area (Å²) in [5.41, 5.74) is -0.309. The first-order valence-electron chi connectivity index (χ1n) is 4.90. The van der Waals surface area contributed by atoms with Gasteiger partial charge in [-0.1, -0.05) is 6.92 Å². The summed E-state index contributed by atoms with van der Waals surface area (Å²) >= 11 is 5.57. The van der Waals surface area contributed by atoms with Gasteiger partial charge in [0.15, 0.2) is 0 Å². The summed E-state index contributed by atoms with van der Waals surface area (Å²) in [6.45, 7) is 8.79. The number of rotatable bonds is 6. The maximum Gasteiger partial charge on any atom is 0.224 e. The van der Waals surface area contributed by atoms with E-state index in [1.54, 1.807) is 6.92 Å². The fourth-order valence-corrected chi connectivity index (χ4v) is 1.13. The quantitative estimate of drug-likeness (QED) is 0.695. The van der Waals surface area contributed by atoms with Crippen molar-refractivity contribution in [2.24, 2.45) is 5.92 Å². The Balaban J connectivity index is 3.87. The molecule has 0 spiro atoms. The molecule has 1 amide bonds. The smallest absolute Gasteiger partial charge is 0.224 e. The molecule has 0 bridgehead atoms. The largest absolute Gasteiger partial charge is 0.374 e. The molecule has 0 heterocycles. The average molecular weight is 222 g/mol. The molecule has 0 aliphatic heterocycles. The van der Waals surface area contributed by atoms with E-state index in [9.17, 15) is 4.79 Å². The van der Waals surface area contributed by atoms with Crippen molar-refractivity contribution in [2.45, 2.75) is 33.3 Å². The normalized spacial score (nSPS) is 13.8. The summed E-state index contributed by atoms with van der Waals surface area (Å²) in [6.07, 6.45) is 0. The fourth-order valence-electron chi connectivity index (χ4n) is 0.986. The molecule has 3 nitrogen and oxygen atoms in total. The number of hydrogen-bond acceptors (Lipinski definition) is 2. The topological polar surface area (TPSA) is 38.3 Å². The summed E-state index contributed by atoms with van der Waals surface area (Å²) < 4.78 is 5.45. The highest BCUT2D eigenvalue weighted by atomic mass is 35.5. The second-order valence-electron chi connectivity index (χ2n) is 3.97. The highest BCUT2D eigenvalue weighted by molar-refractivity contribution is 6.19. The molecule has 0 aromatic heterocycles. The number of carbonyl (C=O) groups excluding carboxylic acids is 1. The minimum atomic E-state index is -0.309. The molecule has 1 N–H and O–H groups in total. The van der Waals surface area contributed by atoms with E-state index in [1.807, 2.05) is 20.8 Å². The maximum atomic E-state index is 11.4. The van der Waals surface area contributed by atoms with Crippen LogP contribution in [0.4, 0.5) is 0 Å². The fraction of sp³-hybridized carbons (Fsp3) is 0.900. The van der Waals surface area contributed by atoms with Crippen molar-refractivity contribution in [1.29, 1.82) is 0 Å². The van der Waals surface area contributed by atoms with Gasteiger partial charge in [0.2, 0.25) is 5.91 Å². The van der Waals surface area contributed by atoms with Crippen molar-refractivity contribution in [3.05, 3.63) is 0 Å². The Labute approximate surface area is 91.2 Å². The van der Waals surface area contributed by atoms with Gasteiger partial charge in [-0.2, -0.15) is 0 Å². The zero-order chi connectivity index (χ0) is 11.2. The molecule has 0 aliphatic rings. The molecule has 0 aliphatic carbocycles. The molecule has 1 unspecified atom stereocenters. The van der Waals surface area contributed by atoms with Crippen LogP contribution in [0.2, 0.25) is 0 Å². The number of halogens is 1. The first-order valence-corrected chi connectivity index (χ1v) is 5.44. The standard InChI is InChI=1S/C10H20ClNO2/c1-5-14-10(3,4)7-12-9(13)8(2)6-11/h8H,5-7H2,1-4H3,(H,12,13). The number of alkyl halides is 1. The maximum absolute atomic E-state index is 11.4. The van der Waals surface area contributed by atoms with Crippen LogP contribution in [0, 0.1) is 5.92 Å². The van der Waals surface area contributed by atoms with Gasteiger partial charge in [-0.05, 0) is 20.8 Å². The Kier molecular flexibility index (Phi) is 6.12. The second kappa shape index (κ2) is 6.25. The first-order chi connectivity index (χ1) is 6.43. The van der Waals surface area contributed by atoms with E-state index in [-0.39, 0.29) is 17.4 Å². The lowest BCUT2D eigenvalue weighted by molar-refractivity contribution is -0.125. The van der Waals surface area contributed by atoms with Gasteiger partial charge in [0.05, 0.1) is 5.60 Å². The van der Waals surface area contributed by atoms with Crippen LogP contribution >= 0.6 is 11.6 Å². The van der Waals surface area contributed by atoms with Crippen LogP contribution in [0.5, 0.6) is 0 Å². The molecular formula is C10H20ClNO2. The van der Waals surface area contributed by atoms with Crippen molar-refractivity contribution < 1.29 is 9.53 Å². The molecule has 0 aromatic carbocycles. The SMILES string of the molecule is CCOC(C)(C)CNC(=O)C(C)CCl. The summed E-state index contributed by atoms with van der Waals surface area (Å²) in [5.74, 6) is 0.183. The molecule has 0 aromatic rings. The Bertz CT molecular complexity index is 183. The van der Waals surface area contributed by atoms with Crippen LogP contribution in [0.25, 0.3) is 0 Å². The third-order valence-electron chi connectivity index (χ3n) is 1.90. The van der Waals surface area contributed by atoms with E-state index < -0.39 is 0 Å². The number of hydrogen-bond donors (Lipinski definition) is 1. The molecule has 0 radical (unpaired) electrons. The Morgan fingerprint density at radius 3 is 2.57 bits per heavy atom. The van der Waals surface area contributed by atoms with Gasteiger partial charge in [0.1, 0.15) is 0 Å². The summed E-state index contributed by atoms with van der Waals surface area (Å²) in [6, 6.07) is 0.